The van der Waals surface area contributed by atoms with E-state index in [0.29, 0.717) is 12.1 Å². The van der Waals surface area contributed by atoms with Crippen molar-refractivity contribution < 1.29 is 13.2 Å². The molecule has 0 unspecified atom stereocenters. The fraction of sp³-hybridized carbons (Fsp3) is 0.250. The molecule has 6 nitrogen and oxygen atoms in total. The number of hydrogen-bond acceptors (Lipinski definition) is 4. The summed E-state index contributed by atoms with van der Waals surface area (Å²) >= 11 is 0. The van der Waals surface area contributed by atoms with E-state index in [9.17, 15) is 13.2 Å². The van der Waals surface area contributed by atoms with Gasteiger partial charge >= 0.3 is 0 Å². The van der Waals surface area contributed by atoms with Gasteiger partial charge in [0.1, 0.15) is 0 Å². The maximum absolute atomic E-state index is 12.2. The molecule has 23 heavy (non-hydrogen) atoms. The van der Waals surface area contributed by atoms with Crippen molar-refractivity contribution in [2.45, 2.75) is 30.3 Å². The number of rotatable bonds is 6. The average Bonchev–Trinajstić information content (AvgIpc) is 3.37. The fourth-order valence-corrected chi connectivity index (χ4v) is 3.43. The van der Waals surface area contributed by atoms with E-state index in [4.69, 9.17) is 0 Å². The molecule has 1 heterocycles. The Morgan fingerprint density at radius 1 is 1.17 bits per heavy atom. The Morgan fingerprint density at radius 2 is 1.91 bits per heavy atom. The van der Waals surface area contributed by atoms with E-state index in [-0.39, 0.29) is 16.8 Å². The molecule has 1 aliphatic rings. The first-order chi connectivity index (χ1) is 11.0. The van der Waals surface area contributed by atoms with Crippen LogP contribution in [0.5, 0.6) is 0 Å². The van der Waals surface area contributed by atoms with E-state index >= 15 is 0 Å². The van der Waals surface area contributed by atoms with Crippen molar-refractivity contribution in [2.75, 3.05) is 0 Å². The lowest BCUT2D eigenvalue weighted by Crippen LogP contribution is -2.27. The van der Waals surface area contributed by atoms with Crippen LogP contribution in [-0.2, 0) is 16.6 Å². The van der Waals surface area contributed by atoms with Crippen LogP contribution >= 0.6 is 0 Å². The van der Waals surface area contributed by atoms with E-state index in [0.717, 1.165) is 18.4 Å². The third kappa shape index (κ3) is 4.14. The first kappa shape index (κ1) is 15.6. The van der Waals surface area contributed by atoms with Gasteiger partial charge in [0.2, 0.25) is 10.0 Å². The molecule has 1 fully saturated rings. The number of sulfonamides is 1. The van der Waals surface area contributed by atoms with Gasteiger partial charge in [0.05, 0.1) is 4.90 Å². The Morgan fingerprint density at radius 3 is 2.61 bits per heavy atom. The van der Waals surface area contributed by atoms with Crippen LogP contribution in [0.1, 0.15) is 28.8 Å². The molecular weight excluding hydrogens is 314 g/mol. The maximum Gasteiger partial charge on any atom is 0.251 e. The third-order valence-electron chi connectivity index (χ3n) is 3.51. The summed E-state index contributed by atoms with van der Waals surface area (Å²) in [5, 5.41) is 2.77. The van der Waals surface area contributed by atoms with Crippen molar-refractivity contribution in [3.05, 3.63) is 59.9 Å². The highest BCUT2D eigenvalue weighted by atomic mass is 32.2. The standard InChI is InChI=1S/C16H17N3O3S/c20-16(18-11-12-6-8-17-9-7-12)13-2-1-3-15(10-13)23(21,22)19-14-4-5-14/h1-3,6-10,14,19H,4-5,11H2,(H,18,20). The van der Waals surface area contributed by atoms with Crippen molar-refractivity contribution in [1.29, 1.82) is 0 Å². The molecule has 0 spiro atoms. The number of hydrogen-bond donors (Lipinski definition) is 2. The lowest BCUT2D eigenvalue weighted by molar-refractivity contribution is 0.0950. The molecule has 3 rings (SSSR count). The number of carbonyl (C=O) groups is 1. The molecule has 2 N–H and O–H groups in total. The normalized spacial score (nSPS) is 14.4. The van der Waals surface area contributed by atoms with Gasteiger partial charge in [0.15, 0.2) is 0 Å². The van der Waals surface area contributed by atoms with Gasteiger partial charge in [-0.25, -0.2) is 13.1 Å². The minimum absolute atomic E-state index is 0.0316. The molecule has 0 atom stereocenters. The van der Waals surface area contributed by atoms with Gasteiger partial charge in [-0.2, -0.15) is 0 Å². The molecule has 0 aliphatic heterocycles. The molecule has 0 saturated heterocycles. The highest BCUT2D eigenvalue weighted by Crippen LogP contribution is 2.22. The summed E-state index contributed by atoms with van der Waals surface area (Å²) in [6.45, 7) is 0.360. The van der Waals surface area contributed by atoms with Gasteiger partial charge in [-0.1, -0.05) is 6.07 Å². The van der Waals surface area contributed by atoms with Gasteiger partial charge in [0.25, 0.3) is 5.91 Å². The van der Waals surface area contributed by atoms with E-state index < -0.39 is 10.0 Å². The highest BCUT2D eigenvalue weighted by Gasteiger charge is 2.28. The molecule has 1 aliphatic carbocycles. The average molecular weight is 331 g/mol. The van der Waals surface area contributed by atoms with Crippen LogP contribution in [-0.4, -0.2) is 25.4 Å². The Kier molecular flexibility index (Phi) is 4.40. The number of benzene rings is 1. The summed E-state index contributed by atoms with van der Waals surface area (Å²) in [6.07, 6.45) is 5.03. The zero-order chi connectivity index (χ0) is 16.3. The van der Waals surface area contributed by atoms with Gasteiger partial charge in [-0.3, -0.25) is 9.78 Å². The van der Waals surface area contributed by atoms with Crippen molar-refractivity contribution in [3.8, 4) is 0 Å². The van der Waals surface area contributed by atoms with Crippen LogP contribution in [0.3, 0.4) is 0 Å². The predicted octanol–water partition coefficient (Wildman–Crippen LogP) is 1.45. The summed E-state index contributed by atoms with van der Waals surface area (Å²) in [5.41, 5.74) is 1.24. The topological polar surface area (TPSA) is 88.2 Å². The number of amides is 1. The zero-order valence-corrected chi connectivity index (χ0v) is 13.2. The number of nitrogens with zero attached hydrogens (tertiary/aromatic N) is 1. The molecule has 120 valence electrons. The van der Waals surface area contributed by atoms with Gasteiger partial charge in [-0.05, 0) is 48.7 Å². The van der Waals surface area contributed by atoms with Gasteiger partial charge in [-0.15, -0.1) is 0 Å². The number of nitrogens with one attached hydrogen (secondary N) is 2. The molecule has 0 radical (unpaired) electrons. The smallest absolute Gasteiger partial charge is 0.251 e. The Balaban J connectivity index is 1.70. The summed E-state index contributed by atoms with van der Waals surface area (Å²) in [5.74, 6) is -0.315. The Labute approximate surface area is 135 Å². The second-order valence-corrected chi connectivity index (χ2v) is 7.18. The second kappa shape index (κ2) is 6.47. The van der Waals surface area contributed by atoms with Crippen LogP contribution < -0.4 is 10.0 Å². The first-order valence-corrected chi connectivity index (χ1v) is 8.82. The quantitative estimate of drug-likeness (QED) is 0.838. The summed E-state index contributed by atoms with van der Waals surface area (Å²) < 4.78 is 27.0. The molecule has 2 aromatic rings. The summed E-state index contributed by atoms with van der Waals surface area (Å²) in [6, 6.07) is 9.70. The van der Waals surface area contributed by atoms with E-state index in [2.05, 4.69) is 15.0 Å². The van der Waals surface area contributed by atoms with Crippen LogP contribution in [0.2, 0.25) is 0 Å². The SMILES string of the molecule is O=C(NCc1ccncc1)c1cccc(S(=O)(=O)NC2CC2)c1. The lowest BCUT2D eigenvalue weighted by atomic mass is 10.2. The summed E-state index contributed by atoms with van der Waals surface area (Å²) in [7, 11) is -3.56. The highest BCUT2D eigenvalue weighted by molar-refractivity contribution is 7.89. The van der Waals surface area contributed by atoms with E-state index in [1.54, 1.807) is 36.7 Å². The third-order valence-corrected chi connectivity index (χ3v) is 5.03. The van der Waals surface area contributed by atoms with Gasteiger partial charge < -0.3 is 5.32 Å². The number of carbonyl (C=O) groups excluding carboxylic acids is 1. The van der Waals surface area contributed by atoms with Crippen molar-refractivity contribution in [3.63, 3.8) is 0 Å². The first-order valence-electron chi connectivity index (χ1n) is 7.34. The zero-order valence-electron chi connectivity index (χ0n) is 12.4. The number of aromatic nitrogens is 1. The van der Waals surface area contributed by atoms with Crippen LogP contribution in [0.25, 0.3) is 0 Å². The van der Waals surface area contributed by atoms with Crippen LogP contribution in [0.4, 0.5) is 0 Å². The largest absolute Gasteiger partial charge is 0.348 e. The molecular formula is C16H17N3O3S. The molecule has 1 saturated carbocycles. The summed E-state index contributed by atoms with van der Waals surface area (Å²) in [4.78, 5) is 16.2. The molecule has 1 aromatic heterocycles. The molecule has 1 aromatic carbocycles. The molecule has 0 bridgehead atoms. The van der Waals surface area contributed by atoms with E-state index in [1.165, 1.54) is 12.1 Å². The lowest BCUT2D eigenvalue weighted by Gasteiger charge is -2.08. The monoisotopic (exact) mass is 331 g/mol. The maximum atomic E-state index is 12.2. The van der Waals surface area contributed by atoms with Crippen molar-refractivity contribution >= 4 is 15.9 Å². The number of pyridine rings is 1. The van der Waals surface area contributed by atoms with E-state index in [1.807, 2.05) is 0 Å². The van der Waals surface area contributed by atoms with Crippen LogP contribution in [0, 0.1) is 0 Å². The second-order valence-electron chi connectivity index (χ2n) is 5.46. The van der Waals surface area contributed by atoms with Gasteiger partial charge in [0, 0.05) is 30.5 Å². The minimum Gasteiger partial charge on any atom is -0.348 e. The van der Waals surface area contributed by atoms with Crippen LogP contribution in [0.15, 0.2) is 53.7 Å². The Bertz CT molecular complexity index is 802. The minimum atomic E-state index is -3.56. The van der Waals surface area contributed by atoms with Crippen molar-refractivity contribution in [2.24, 2.45) is 0 Å². The predicted molar refractivity (Wildman–Crippen MR) is 85.2 cm³/mol. The van der Waals surface area contributed by atoms with Crippen molar-refractivity contribution in [1.82, 2.24) is 15.0 Å². The molecule has 7 heteroatoms. The Hall–Kier alpha value is -2.25. The fourth-order valence-electron chi connectivity index (χ4n) is 2.08. The molecule has 1 amide bonds.